The van der Waals surface area contributed by atoms with Gasteiger partial charge in [-0.05, 0) is 0 Å². The summed E-state index contributed by atoms with van der Waals surface area (Å²) in [6.45, 7) is 16.8. The van der Waals surface area contributed by atoms with E-state index in [1.165, 1.54) is 51.4 Å². The van der Waals surface area contributed by atoms with Crippen LogP contribution in [0.1, 0.15) is 79.1 Å². The van der Waals surface area contributed by atoms with E-state index in [-0.39, 0.29) is 40.8 Å². The smallest absolute Gasteiger partial charge is 0.340 e. The first-order valence-electron chi connectivity index (χ1n) is 9.56. The summed E-state index contributed by atoms with van der Waals surface area (Å²) >= 11 is 0. The van der Waals surface area contributed by atoms with Crippen LogP contribution in [0.4, 0.5) is 0 Å². The van der Waals surface area contributed by atoms with E-state index in [1.54, 1.807) is 0 Å². The Balaban J connectivity index is -0.000000174. The summed E-state index contributed by atoms with van der Waals surface area (Å²) in [6, 6.07) is 0. The maximum absolute atomic E-state index is 10.4. The second-order valence-electron chi connectivity index (χ2n) is 6.45. The number of unbranched alkanes of at least 4 members (excludes halogenated alkanes) is 2. The minimum Gasteiger partial charge on any atom is -0.340 e. The van der Waals surface area contributed by atoms with Gasteiger partial charge in [0.25, 0.3) is 0 Å². The standard InChI is InChI=1S/2C8H17.Nd.H5O10P3/c2*1-4-6-7-8(3)5-2;;1-11(2,3)9-13(7,8)10-12(4,5)6/h2*8H,3-7H2,1-2H3;;(H,7,8)(H2,1,2,3)(H2,4,5,6)/q2*-1;;. The van der Waals surface area contributed by atoms with Crippen LogP contribution in [-0.4, -0.2) is 24.5 Å². The van der Waals surface area contributed by atoms with Crippen LogP contribution in [-0.2, 0) is 22.3 Å². The Labute approximate surface area is 214 Å². The van der Waals surface area contributed by atoms with Crippen molar-refractivity contribution in [3.63, 3.8) is 0 Å². The number of phosphoric acid groups is 3. The molecule has 10 nitrogen and oxygen atoms in total. The monoisotopic (exact) mass is 626 g/mol. The summed E-state index contributed by atoms with van der Waals surface area (Å²) in [5.74, 6) is 1.41. The first-order valence-corrected chi connectivity index (χ1v) is 14.1. The molecule has 0 aliphatic rings. The van der Waals surface area contributed by atoms with Crippen molar-refractivity contribution in [2.45, 2.75) is 79.1 Å². The van der Waals surface area contributed by atoms with Gasteiger partial charge in [-0.15, -0.1) is 0 Å². The number of rotatable bonds is 12. The molecule has 0 aliphatic heterocycles. The van der Waals surface area contributed by atoms with E-state index in [4.69, 9.17) is 24.5 Å². The fourth-order valence-electron chi connectivity index (χ4n) is 1.68. The molecule has 30 heavy (non-hydrogen) atoms. The van der Waals surface area contributed by atoms with E-state index in [0.717, 1.165) is 0 Å². The van der Waals surface area contributed by atoms with Crippen LogP contribution in [0.2, 0.25) is 0 Å². The van der Waals surface area contributed by atoms with E-state index in [0.29, 0.717) is 11.8 Å². The molecule has 0 spiro atoms. The van der Waals surface area contributed by atoms with Gasteiger partial charge in [0.15, 0.2) is 0 Å². The third kappa shape index (κ3) is 37.1. The van der Waals surface area contributed by atoms with Gasteiger partial charge in [0.05, 0.1) is 0 Å². The molecule has 0 aromatic heterocycles. The predicted octanol–water partition coefficient (Wildman–Crippen LogP) is 5.38. The van der Waals surface area contributed by atoms with Crippen LogP contribution < -0.4 is 0 Å². The summed E-state index contributed by atoms with van der Waals surface area (Å²) in [5.41, 5.74) is 0. The predicted molar refractivity (Wildman–Crippen MR) is 113 cm³/mol. The van der Waals surface area contributed by atoms with Crippen LogP contribution >= 0.6 is 23.5 Å². The molecule has 0 bridgehead atoms. The maximum Gasteiger partial charge on any atom is 0.490 e. The van der Waals surface area contributed by atoms with Gasteiger partial charge in [0.2, 0.25) is 0 Å². The molecule has 0 aliphatic carbocycles. The van der Waals surface area contributed by atoms with Gasteiger partial charge < -0.3 is 38.3 Å². The van der Waals surface area contributed by atoms with Crippen molar-refractivity contribution in [1.82, 2.24) is 0 Å². The molecular formula is C16H39NdO10P3-2. The van der Waals surface area contributed by atoms with Gasteiger partial charge in [-0.3, -0.25) is 0 Å². The Hall–Kier alpha value is 1.76. The third-order valence-electron chi connectivity index (χ3n) is 3.51. The van der Waals surface area contributed by atoms with Crippen LogP contribution in [0.15, 0.2) is 0 Å². The molecular weight excluding hydrogens is 589 g/mol. The Bertz CT molecular complexity index is 481. The van der Waals surface area contributed by atoms with Crippen LogP contribution in [0.3, 0.4) is 0 Å². The van der Waals surface area contributed by atoms with E-state index in [2.05, 4.69) is 50.2 Å². The molecule has 0 saturated heterocycles. The maximum atomic E-state index is 10.4. The summed E-state index contributed by atoms with van der Waals surface area (Å²) < 4.78 is 36.4. The van der Waals surface area contributed by atoms with Crippen LogP contribution in [0.5, 0.6) is 0 Å². The van der Waals surface area contributed by atoms with Crippen molar-refractivity contribution in [3.8, 4) is 0 Å². The van der Waals surface area contributed by atoms with Crippen molar-refractivity contribution < 1.29 is 87.6 Å². The van der Waals surface area contributed by atoms with Crippen LogP contribution in [0, 0.1) is 66.5 Å². The molecule has 14 heteroatoms. The molecule has 2 unspecified atom stereocenters. The van der Waals surface area contributed by atoms with Crippen LogP contribution in [0.25, 0.3) is 0 Å². The average molecular weight is 629 g/mol. The summed E-state index contributed by atoms with van der Waals surface area (Å²) in [4.78, 5) is 40.2. The second-order valence-corrected chi connectivity index (χ2v) is 10.7. The Kier molecular flexibility index (Phi) is 27.7. The topological polar surface area (TPSA) is 171 Å². The number of hydrogen-bond acceptors (Lipinski definition) is 5. The first-order chi connectivity index (χ1) is 13.0. The zero-order chi connectivity index (χ0) is 23.7. The van der Waals surface area contributed by atoms with E-state index in [1.807, 2.05) is 0 Å². The zero-order valence-electron chi connectivity index (χ0n) is 18.3. The zero-order valence-corrected chi connectivity index (χ0v) is 24.2. The molecule has 0 amide bonds. The van der Waals surface area contributed by atoms with Crippen molar-refractivity contribution in [2.75, 3.05) is 0 Å². The largest absolute Gasteiger partial charge is 0.490 e. The van der Waals surface area contributed by atoms with Gasteiger partial charge in [-0.25, -0.2) is 13.7 Å². The Morgan fingerprint density at radius 1 is 0.700 bits per heavy atom. The fourth-order valence-corrected chi connectivity index (χ4v) is 4.22. The average Bonchev–Trinajstić information content (AvgIpc) is 2.54. The van der Waals surface area contributed by atoms with E-state index < -0.39 is 23.5 Å². The molecule has 2 atom stereocenters. The molecule has 5 N–H and O–H groups in total. The van der Waals surface area contributed by atoms with E-state index in [9.17, 15) is 13.7 Å². The quantitative estimate of drug-likeness (QED) is 0.140. The minimum absolute atomic E-state index is 0. The van der Waals surface area contributed by atoms with Crippen molar-refractivity contribution in [3.05, 3.63) is 13.8 Å². The Morgan fingerprint density at radius 2 is 0.967 bits per heavy atom. The second kappa shape index (κ2) is 21.3. The summed E-state index contributed by atoms with van der Waals surface area (Å²) in [7, 11) is -16.2. The minimum atomic E-state index is -5.46. The normalized spacial score (nSPS) is 13.7. The first kappa shape index (κ1) is 39.0. The molecule has 0 fully saturated rings. The molecule has 0 heterocycles. The van der Waals surface area contributed by atoms with Crippen molar-refractivity contribution in [1.29, 1.82) is 0 Å². The molecule has 0 aromatic rings. The van der Waals surface area contributed by atoms with E-state index >= 15 is 0 Å². The van der Waals surface area contributed by atoms with Crippen molar-refractivity contribution >= 4 is 23.5 Å². The van der Waals surface area contributed by atoms with Crippen molar-refractivity contribution in [2.24, 2.45) is 11.8 Å². The molecule has 0 rings (SSSR count). The van der Waals surface area contributed by atoms with Gasteiger partial charge in [0, 0.05) is 40.8 Å². The molecule has 0 saturated carbocycles. The summed E-state index contributed by atoms with van der Waals surface area (Å²) in [6.07, 6.45) is 10.4. The fraction of sp³-hybridized carbons (Fsp3) is 0.875. The SMILES string of the molecule is O=P(O)(O)OP(=O)(O)OP(=O)(O)O.[CH2-]C(CC)CCCC.[CH2-]C(CC)CCCC.[Nd]. The van der Waals surface area contributed by atoms with Gasteiger partial charge >= 0.3 is 23.5 Å². The Morgan fingerprint density at radius 3 is 1.13 bits per heavy atom. The third-order valence-corrected chi connectivity index (χ3v) is 6.86. The van der Waals surface area contributed by atoms with Gasteiger partial charge in [0.1, 0.15) is 0 Å². The number of hydrogen-bond donors (Lipinski definition) is 5. The van der Waals surface area contributed by atoms with Gasteiger partial charge in [-0.1, -0.05) is 79.1 Å². The molecule has 0 aromatic carbocycles. The van der Waals surface area contributed by atoms with Gasteiger partial charge in [-0.2, -0.15) is 20.5 Å². The summed E-state index contributed by atoms with van der Waals surface area (Å²) in [5, 5.41) is 0. The molecule has 184 valence electrons. The molecule has 0 radical (unpaired) electrons.